The van der Waals surface area contributed by atoms with Crippen molar-refractivity contribution in [1.82, 2.24) is 0 Å². The van der Waals surface area contributed by atoms with Crippen molar-refractivity contribution in [3.05, 3.63) is 46.0 Å². The number of benzene rings is 2. The third kappa shape index (κ3) is 2.90. The van der Waals surface area contributed by atoms with Crippen LogP contribution in [0.2, 0.25) is 0 Å². The first-order chi connectivity index (χ1) is 10.3. The van der Waals surface area contributed by atoms with Gasteiger partial charge in [0.1, 0.15) is 4.90 Å². The van der Waals surface area contributed by atoms with E-state index >= 15 is 0 Å². The van der Waals surface area contributed by atoms with Crippen molar-refractivity contribution in [2.75, 3.05) is 7.11 Å². The molecular formula is C13H11NO7S. The number of hydrogen-bond acceptors (Lipinski definition) is 6. The first-order valence-electron chi connectivity index (χ1n) is 5.99. The summed E-state index contributed by atoms with van der Waals surface area (Å²) >= 11 is 0. The Morgan fingerprint density at radius 1 is 1.32 bits per heavy atom. The summed E-state index contributed by atoms with van der Waals surface area (Å²) in [5.74, 6) is -0.576. The Bertz CT molecular complexity index is 873. The highest BCUT2D eigenvalue weighted by Crippen LogP contribution is 2.33. The van der Waals surface area contributed by atoms with Crippen LogP contribution in [-0.4, -0.2) is 31.0 Å². The van der Waals surface area contributed by atoms with Crippen molar-refractivity contribution in [2.45, 2.75) is 11.3 Å². The van der Waals surface area contributed by atoms with E-state index in [0.717, 1.165) is 12.1 Å². The molecule has 2 aromatic carbocycles. The van der Waals surface area contributed by atoms with Gasteiger partial charge in [-0.15, -0.1) is 0 Å². The van der Waals surface area contributed by atoms with Gasteiger partial charge in [-0.2, -0.15) is 8.42 Å². The lowest BCUT2D eigenvalue weighted by Crippen LogP contribution is -2.07. The van der Waals surface area contributed by atoms with Crippen molar-refractivity contribution < 1.29 is 27.4 Å². The topological polar surface area (TPSA) is 124 Å². The molecule has 0 aromatic heterocycles. The molecule has 2 aromatic rings. The van der Waals surface area contributed by atoms with Gasteiger partial charge in [0.15, 0.2) is 0 Å². The number of non-ortho nitro benzene ring substituents is 1. The summed E-state index contributed by atoms with van der Waals surface area (Å²) in [5.41, 5.74) is -0.116. The highest BCUT2D eigenvalue weighted by atomic mass is 32.2. The van der Waals surface area contributed by atoms with Crippen LogP contribution >= 0.6 is 0 Å². The second kappa shape index (κ2) is 5.70. The van der Waals surface area contributed by atoms with Gasteiger partial charge in [-0.1, -0.05) is 18.2 Å². The number of nitrogens with zero attached hydrogens (tertiary/aromatic N) is 1. The average molecular weight is 325 g/mol. The molecule has 8 nitrogen and oxygen atoms in total. The van der Waals surface area contributed by atoms with E-state index in [9.17, 15) is 27.9 Å². The van der Waals surface area contributed by atoms with Crippen LogP contribution in [0.3, 0.4) is 0 Å². The third-order valence-corrected chi connectivity index (χ3v) is 4.00. The molecule has 0 amide bonds. The number of hydrogen-bond donors (Lipinski definition) is 1. The molecule has 0 aliphatic heterocycles. The molecule has 22 heavy (non-hydrogen) atoms. The number of methoxy groups -OCH3 is 1. The Hall–Kier alpha value is -2.52. The number of carbonyl (C=O) groups is 1. The van der Waals surface area contributed by atoms with Gasteiger partial charge in [0.2, 0.25) is 0 Å². The van der Waals surface area contributed by atoms with E-state index < -0.39 is 31.6 Å². The highest BCUT2D eigenvalue weighted by molar-refractivity contribution is 7.86. The number of carbonyl (C=O) groups excluding carboxylic acids is 1. The number of ether oxygens (including phenoxy) is 1. The first kappa shape index (κ1) is 15.9. The second-order valence-corrected chi connectivity index (χ2v) is 5.80. The SMILES string of the molecule is COC(=O)Cc1ccc(S(=O)(=O)O)c2c([N+](=O)[O-])cccc12. The van der Waals surface area contributed by atoms with Crippen molar-refractivity contribution in [1.29, 1.82) is 0 Å². The van der Waals surface area contributed by atoms with Gasteiger partial charge in [-0.3, -0.25) is 19.5 Å². The fourth-order valence-corrected chi connectivity index (χ4v) is 2.88. The van der Waals surface area contributed by atoms with E-state index in [0.29, 0.717) is 5.56 Å². The number of fused-ring (bicyclic) bond motifs is 1. The number of nitro benzene ring substituents is 1. The molecule has 9 heteroatoms. The first-order valence-corrected chi connectivity index (χ1v) is 7.43. The van der Waals surface area contributed by atoms with Gasteiger partial charge >= 0.3 is 5.97 Å². The van der Waals surface area contributed by atoms with E-state index in [4.69, 9.17) is 0 Å². The summed E-state index contributed by atoms with van der Waals surface area (Å²) in [4.78, 5) is 21.2. The van der Waals surface area contributed by atoms with Gasteiger partial charge in [0.25, 0.3) is 15.8 Å². The molecule has 0 saturated heterocycles. The molecule has 1 N–H and O–H groups in total. The molecule has 0 fully saturated rings. The van der Waals surface area contributed by atoms with Crippen LogP contribution in [0.1, 0.15) is 5.56 Å². The van der Waals surface area contributed by atoms with Gasteiger partial charge < -0.3 is 4.74 Å². The van der Waals surface area contributed by atoms with Crippen LogP contribution in [0.15, 0.2) is 35.2 Å². The van der Waals surface area contributed by atoms with E-state index in [1.165, 1.54) is 25.3 Å². The number of esters is 1. The van der Waals surface area contributed by atoms with E-state index in [1.807, 2.05) is 0 Å². The van der Waals surface area contributed by atoms with Crippen LogP contribution in [-0.2, 0) is 26.1 Å². The summed E-state index contributed by atoms with van der Waals surface area (Å²) in [6, 6.07) is 6.28. The Morgan fingerprint density at radius 2 is 2.00 bits per heavy atom. The molecule has 0 spiro atoms. The monoisotopic (exact) mass is 325 g/mol. The van der Waals surface area contributed by atoms with E-state index in [2.05, 4.69) is 4.74 Å². The lowest BCUT2D eigenvalue weighted by molar-refractivity contribution is -0.383. The fraction of sp³-hybridized carbons (Fsp3) is 0.154. The Morgan fingerprint density at radius 3 is 2.55 bits per heavy atom. The summed E-state index contributed by atoms with van der Waals surface area (Å²) in [6.45, 7) is 0. The molecule has 0 radical (unpaired) electrons. The Balaban J connectivity index is 2.88. The van der Waals surface area contributed by atoms with E-state index in [-0.39, 0.29) is 17.2 Å². The normalized spacial score (nSPS) is 11.4. The summed E-state index contributed by atoms with van der Waals surface area (Å²) < 4.78 is 36.7. The Kier molecular flexibility index (Phi) is 4.11. The summed E-state index contributed by atoms with van der Waals surface area (Å²) in [6.07, 6.45) is -0.181. The van der Waals surface area contributed by atoms with E-state index in [1.54, 1.807) is 0 Å². The zero-order valence-corrected chi connectivity index (χ0v) is 12.2. The molecule has 0 aliphatic rings. The van der Waals surface area contributed by atoms with Crippen molar-refractivity contribution in [2.24, 2.45) is 0 Å². The molecule has 2 rings (SSSR count). The van der Waals surface area contributed by atoms with Crippen LogP contribution in [0.25, 0.3) is 10.8 Å². The highest BCUT2D eigenvalue weighted by Gasteiger charge is 2.24. The minimum absolute atomic E-state index is 0.181. The quantitative estimate of drug-likeness (QED) is 0.392. The van der Waals surface area contributed by atoms with Crippen LogP contribution in [0, 0.1) is 10.1 Å². The maximum atomic E-state index is 11.5. The fourth-order valence-electron chi connectivity index (χ4n) is 2.16. The van der Waals surface area contributed by atoms with Crippen molar-refractivity contribution >= 4 is 32.5 Å². The molecule has 0 bridgehead atoms. The van der Waals surface area contributed by atoms with Crippen LogP contribution in [0.4, 0.5) is 5.69 Å². The smallest absolute Gasteiger partial charge is 0.309 e. The average Bonchev–Trinajstić information content (AvgIpc) is 2.45. The van der Waals surface area contributed by atoms with Crippen LogP contribution in [0.5, 0.6) is 0 Å². The largest absolute Gasteiger partial charge is 0.469 e. The lowest BCUT2D eigenvalue weighted by Gasteiger charge is -2.09. The predicted octanol–water partition coefficient (Wildman–Crippen LogP) is 1.71. The molecule has 0 aliphatic carbocycles. The van der Waals surface area contributed by atoms with Gasteiger partial charge in [0.05, 0.1) is 23.8 Å². The zero-order chi connectivity index (χ0) is 16.5. The van der Waals surface area contributed by atoms with Gasteiger partial charge in [-0.05, 0) is 17.0 Å². The predicted molar refractivity (Wildman–Crippen MR) is 76.1 cm³/mol. The molecule has 116 valence electrons. The molecule has 0 heterocycles. The van der Waals surface area contributed by atoms with Crippen LogP contribution < -0.4 is 0 Å². The third-order valence-electron chi connectivity index (χ3n) is 3.11. The minimum atomic E-state index is -4.66. The lowest BCUT2D eigenvalue weighted by atomic mass is 10.0. The molecule has 0 unspecified atom stereocenters. The second-order valence-electron chi connectivity index (χ2n) is 4.41. The van der Waals surface area contributed by atoms with Crippen molar-refractivity contribution in [3.8, 4) is 0 Å². The van der Waals surface area contributed by atoms with Gasteiger partial charge in [-0.25, -0.2) is 0 Å². The molecule has 0 saturated carbocycles. The maximum absolute atomic E-state index is 11.5. The summed E-state index contributed by atoms with van der Waals surface area (Å²) in [5, 5.41) is 11.1. The summed E-state index contributed by atoms with van der Waals surface area (Å²) in [7, 11) is -3.46. The molecule has 0 atom stereocenters. The Labute approximate surface area is 125 Å². The number of nitro groups is 1. The molecular weight excluding hydrogens is 314 g/mol. The van der Waals surface area contributed by atoms with Gasteiger partial charge in [0, 0.05) is 6.07 Å². The maximum Gasteiger partial charge on any atom is 0.309 e. The standard InChI is InChI=1S/C13H11NO7S/c1-21-12(15)7-8-5-6-11(22(18,19)20)13-9(8)3-2-4-10(13)14(16)17/h2-6H,7H2,1H3,(H,18,19,20). The van der Waals surface area contributed by atoms with Crippen molar-refractivity contribution in [3.63, 3.8) is 0 Å². The zero-order valence-electron chi connectivity index (χ0n) is 11.3. The minimum Gasteiger partial charge on any atom is -0.469 e. The number of rotatable bonds is 4.